The minimum Gasteiger partial charge on any atom is -0.326 e. The van der Waals surface area contributed by atoms with Crippen LogP contribution in [-0.4, -0.2) is 9.55 Å². The molecule has 1 aromatic heterocycles. The lowest BCUT2D eigenvalue weighted by Crippen LogP contribution is -1.96. The van der Waals surface area contributed by atoms with E-state index in [9.17, 15) is 0 Å². The van der Waals surface area contributed by atoms with Gasteiger partial charge in [-0.05, 0) is 31.6 Å². The number of aromatic nitrogens is 2. The number of hydrogen-bond acceptors (Lipinski definition) is 1. The van der Waals surface area contributed by atoms with Gasteiger partial charge in [-0.15, -0.1) is 0 Å². The fourth-order valence-electron chi connectivity index (χ4n) is 2.64. The van der Waals surface area contributed by atoms with E-state index in [1.165, 1.54) is 50.6 Å². The Labute approximate surface area is 91.7 Å². The summed E-state index contributed by atoms with van der Waals surface area (Å²) in [4.78, 5) is 4.45. The van der Waals surface area contributed by atoms with E-state index < -0.39 is 0 Å². The minimum absolute atomic E-state index is 0.734. The maximum atomic E-state index is 4.45. The largest absolute Gasteiger partial charge is 0.326 e. The molecular weight excluding hydrogens is 184 g/mol. The first-order valence-corrected chi connectivity index (χ1v) is 6.37. The Bertz CT molecular complexity index is 319. The fourth-order valence-corrected chi connectivity index (χ4v) is 2.64. The third-order valence-corrected chi connectivity index (χ3v) is 3.80. The minimum atomic E-state index is 0.734. The van der Waals surface area contributed by atoms with Gasteiger partial charge in [-0.1, -0.05) is 25.7 Å². The van der Waals surface area contributed by atoms with Crippen LogP contribution in [0.3, 0.4) is 0 Å². The molecule has 1 heterocycles. The summed E-state index contributed by atoms with van der Waals surface area (Å²) in [5.74, 6) is 0.976. The molecule has 0 saturated heterocycles. The highest BCUT2D eigenvalue weighted by molar-refractivity contribution is 4.99. The lowest BCUT2D eigenvalue weighted by molar-refractivity contribution is 0.501. The molecule has 2 fully saturated rings. The number of aryl methyl sites for hydroxylation is 1. The topological polar surface area (TPSA) is 17.8 Å². The maximum absolute atomic E-state index is 4.45. The van der Waals surface area contributed by atoms with Gasteiger partial charge in [0.05, 0.1) is 18.2 Å². The molecule has 15 heavy (non-hydrogen) atoms. The van der Waals surface area contributed by atoms with Crippen molar-refractivity contribution >= 4 is 0 Å². The van der Waals surface area contributed by atoms with Gasteiger partial charge in [0.2, 0.25) is 0 Å². The smallest absolute Gasteiger partial charge is 0.0957 e. The lowest BCUT2D eigenvalue weighted by Gasteiger charge is -2.05. The van der Waals surface area contributed by atoms with Crippen LogP contribution < -0.4 is 0 Å². The van der Waals surface area contributed by atoms with Crippen molar-refractivity contribution in [2.75, 3.05) is 0 Å². The van der Waals surface area contributed by atoms with E-state index in [1.807, 2.05) is 6.33 Å². The monoisotopic (exact) mass is 203 g/mol. The zero-order valence-electron chi connectivity index (χ0n) is 9.28. The second kappa shape index (κ2) is 3.99. The molecule has 3 rings (SSSR count). The Morgan fingerprint density at radius 2 is 2.07 bits per heavy atom. The number of nitrogens with zero attached hydrogens (tertiary/aromatic N) is 2. The normalized spacial score (nSPS) is 22.4. The summed E-state index contributed by atoms with van der Waals surface area (Å²) < 4.78 is 2.18. The van der Waals surface area contributed by atoms with E-state index in [1.54, 1.807) is 0 Å². The molecule has 2 saturated carbocycles. The molecule has 0 spiro atoms. The Hall–Kier alpha value is -0.790. The van der Waals surface area contributed by atoms with Crippen molar-refractivity contribution in [3.63, 3.8) is 0 Å². The molecule has 0 unspecified atom stereocenters. The van der Waals surface area contributed by atoms with Crippen LogP contribution in [0, 0.1) is 12.1 Å². The van der Waals surface area contributed by atoms with Crippen LogP contribution in [0.5, 0.6) is 0 Å². The van der Waals surface area contributed by atoms with Gasteiger partial charge >= 0.3 is 0 Å². The molecule has 2 nitrogen and oxygen atoms in total. The van der Waals surface area contributed by atoms with Gasteiger partial charge in [0, 0.05) is 6.04 Å². The first kappa shape index (κ1) is 9.44. The molecule has 81 valence electrons. The van der Waals surface area contributed by atoms with E-state index in [2.05, 4.69) is 15.7 Å². The van der Waals surface area contributed by atoms with Crippen molar-refractivity contribution in [3.05, 3.63) is 18.2 Å². The zero-order valence-corrected chi connectivity index (χ0v) is 9.28. The molecule has 0 N–H and O–H groups in total. The van der Waals surface area contributed by atoms with Crippen LogP contribution in [0.25, 0.3) is 0 Å². The second-order valence-electron chi connectivity index (χ2n) is 5.13. The predicted molar refractivity (Wildman–Crippen MR) is 59.6 cm³/mol. The molecule has 0 aliphatic heterocycles. The van der Waals surface area contributed by atoms with Crippen LogP contribution in [0.1, 0.15) is 56.7 Å². The quantitative estimate of drug-likeness (QED) is 0.735. The molecule has 2 heteroatoms. The molecule has 0 aromatic carbocycles. The van der Waals surface area contributed by atoms with E-state index in [4.69, 9.17) is 0 Å². The van der Waals surface area contributed by atoms with Gasteiger partial charge in [0.25, 0.3) is 0 Å². The lowest BCUT2D eigenvalue weighted by atomic mass is 10.0. The van der Waals surface area contributed by atoms with Gasteiger partial charge in [-0.25, -0.2) is 4.98 Å². The molecule has 1 radical (unpaired) electrons. The Morgan fingerprint density at radius 3 is 2.80 bits per heavy atom. The highest BCUT2D eigenvalue weighted by Crippen LogP contribution is 2.34. The Morgan fingerprint density at radius 1 is 1.27 bits per heavy atom. The summed E-state index contributed by atoms with van der Waals surface area (Å²) in [5, 5.41) is 0. The van der Waals surface area contributed by atoms with Crippen LogP contribution in [0.2, 0.25) is 0 Å². The van der Waals surface area contributed by atoms with Gasteiger partial charge in [0.1, 0.15) is 0 Å². The average molecular weight is 203 g/mol. The van der Waals surface area contributed by atoms with Crippen molar-refractivity contribution in [2.45, 2.75) is 57.4 Å². The predicted octanol–water partition coefficient (Wildman–Crippen LogP) is 3.14. The molecule has 0 atom stereocenters. The highest BCUT2D eigenvalue weighted by Gasteiger charge is 2.23. The van der Waals surface area contributed by atoms with Crippen molar-refractivity contribution in [2.24, 2.45) is 5.92 Å². The number of hydrogen-bond donors (Lipinski definition) is 0. The standard InChI is InChI=1S/C13H19N2/c1-2-4-11(3-1)5-6-12-9-15(10-14-12)13-7-8-13/h10-11,13H,1-8H2. The molecule has 0 amide bonds. The van der Waals surface area contributed by atoms with Crippen LogP contribution >= 0.6 is 0 Å². The molecule has 2 aliphatic rings. The summed E-state index contributed by atoms with van der Waals surface area (Å²) >= 11 is 0. The van der Waals surface area contributed by atoms with E-state index >= 15 is 0 Å². The summed E-state index contributed by atoms with van der Waals surface area (Å²) in [6.07, 6.45) is 16.3. The summed E-state index contributed by atoms with van der Waals surface area (Å²) in [6.45, 7) is 0. The van der Waals surface area contributed by atoms with Gasteiger partial charge in [0.15, 0.2) is 0 Å². The second-order valence-corrected chi connectivity index (χ2v) is 5.13. The third kappa shape index (κ3) is 2.24. The summed E-state index contributed by atoms with van der Waals surface area (Å²) in [6, 6.07) is 0.734. The summed E-state index contributed by atoms with van der Waals surface area (Å²) in [7, 11) is 0. The van der Waals surface area contributed by atoms with Gasteiger partial charge < -0.3 is 4.57 Å². The van der Waals surface area contributed by atoms with E-state index in [-0.39, 0.29) is 0 Å². The molecule has 1 aromatic rings. The number of rotatable bonds is 4. The first-order chi connectivity index (χ1) is 7.42. The number of imidazole rings is 1. The summed E-state index contributed by atoms with van der Waals surface area (Å²) in [5.41, 5.74) is 1.19. The average Bonchev–Trinajstić information content (AvgIpc) is 2.82. The van der Waals surface area contributed by atoms with Crippen LogP contribution in [0.4, 0.5) is 0 Å². The van der Waals surface area contributed by atoms with Crippen molar-refractivity contribution in [1.29, 1.82) is 0 Å². The first-order valence-electron chi connectivity index (χ1n) is 6.37. The zero-order chi connectivity index (χ0) is 10.1. The van der Waals surface area contributed by atoms with E-state index in [0.717, 1.165) is 18.4 Å². The third-order valence-electron chi connectivity index (χ3n) is 3.80. The van der Waals surface area contributed by atoms with E-state index in [0.29, 0.717) is 0 Å². The molecular formula is C13H19N2. The van der Waals surface area contributed by atoms with Crippen molar-refractivity contribution in [1.82, 2.24) is 9.55 Å². The van der Waals surface area contributed by atoms with Gasteiger partial charge in [-0.3, -0.25) is 0 Å². The molecule has 2 aliphatic carbocycles. The fraction of sp³-hybridized carbons (Fsp3) is 0.769. The Kier molecular flexibility index (Phi) is 2.51. The van der Waals surface area contributed by atoms with Crippen LogP contribution in [-0.2, 0) is 6.42 Å². The Balaban J connectivity index is 1.52. The SMILES string of the molecule is [c]1c(CCC2CCCC2)ncn1C1CC1. The van der Waals surface area contributed by atoms with Crippen LogP contribution in [0.15, 0.2) is 6.33 Å². The van der Waals surface area contributed by atoms with Gasteiger partial charge in [-0.2, -0.15) is 0 Å². The maximum Gasteiger partial charge on any atom is 0.0957 e. The molecule has 0 bridgehead atoms. The van der Waals surface area contributed by atoms with Crippen molar-refractivity contribution < 1.29 is 0 Å². The van der Waals surface area contributed by atoms with Crippen molar-refractivity contribution in [3.8, 4) is 0 Å². The highest BCUT2D eigenvalue weighted by atomic mass is 15.1.